The molecule has 2 aliphatic heterocycles. The second kappa shape index (κ2) is 9.93. The number of likely N-dealkylation sites (tertiary alicyclic amines) is 1. The van der Waals surface area contributed by atoms with Gasteiger partial charge in [-0.05, 0) is 50.5 Å². The number of amides is 1. The lowest BCUT2D eigenvalue weighted by atomic mass is 10.1. The molecule has 0 radical (unpaired) electrons. The first-order valence-electron chi connectivity index (χ1n) is 12.1. The molecule has 0 saturated carbocycles. The molecule has 4 heterocycles. The minimum absolute atomic E-state index is 0.0121. The maximum Gasteiger partial charge on any atom is 0.410 e. The second-order valence-corrected chi connectivity index (χ2v) is 9.45. The molecule has 0 spiro atoms. The molecule has 1 amide bonds. The highest BCUT2D eigenvalue weighted by atomic mass is 16.6. The predicted octanol–water partition coefficient (Wildman–Crippen LogP) is 3.73. The highest BCUT2D eigenvalue weighted by Gasteiger charge is 2.36. The summed E-state index contributed by atoms with van der Waals surface area (Å²) >= 11 is 0. The number of benzene rings is 1. The first-order chi connectivity index (χ1) is 16.6. The van der Waals surface area contributed by atoms with E-state index in [1.807, 2.05) is 47.8 Å². The lowest BCUT2D eigenvalue weighted by Crippen LogP contribution is -2.59. The molecule has 0 unspecified atom stereocenters. The summed E-state index contributed by atoms with van der Waals surface area (Å²) in [5.41, 5.74) is 2.20. The van der Waals surface area contributed by atoms with E-state index in [0.29, 0.717) is 19.0 Å². The Labute approximate surface area is 200 Å². The van der Waals surface area contributed by atoms with Crippen LogP contribution in [-0.2, 0) is 11.3 Å². The SMILES string of the molecule is C[C@@H]1CN(c2ncc3ccccc3n2)C[C@H](C)N1C(=O)OC1CCN(Cc2ccncc2)CC1. The van der Waals surface area contributed by atoms with Crippen molar-refractivity contribution in [2.75, 3.05) is 31.1 Å². The predicted molar refractivity (Wildman–Crippen MR) is 132 cm³/mol. The van der Waals surface area contributed by atoms with Crippen molar-refractivity contribution in [3.05, 3.63) is 60.6 Å². The average molecular weight is 461 g/mol. The molecule has 178 valence electrons. The monoisotopic (exact) mass is 460 g/mol. The Balaban J connectivity index is 1.15. The van der Waals surface area contributed by atoms with Crippen LogP contribution in [0.5, 0.6) is 0 Å². The summed E-state index contributed by atoms with van der Waals surface area (Å²) in [6.45, 7) is 8.28. The zero-order valence-corrected chi connectivity index (χ0v) is 19.9. The van der Waals surface area contributed by atoms with E-state index in [1.165, 1.54) is 5.56 Å². The topological polar surface area (TPSA) is 74.7 Å². The number of piperidine rings is 1. The van der Waals surface area contributed by atoms with E-state index in [4.69, 9.17) is 9.72 Å². The van der Waals surface area contributed by atoms with Crippen LogP contribution in [0.4, 0.5) is 10.7 Å². The molecule has 2 aliphatic rings. The molecule has 3 aromatic rings. The van der Waals surface area contributed by atoms with Gasteiger partial charge in [-0.1, -0.05) is 18.2 Å². The molecule has 0 N–H and O–H groups in total. The number of anilines is 1. The number of ether oxygens (including phenoxy) is 1. The number of hydrogen-bond acceptors (Lipinski definition) is 7. The van der Waals surface area contributed by atoms with Gasteiger partial charge >= 0.3 is 6.09 Å². The lowest BCUT2D eigenvalue weighted by Gasteiger charge is -2.44. The van der Waals surface area contributed by atoms with Gasteiger partial charge < -0.3 is 9.64 Å². The summed E-state index contributed by atoms with van der Waals surface area (Å²) in [4.78, 5) is 33.0. The molecular weight excluding hydrogens is 428 g/mol. The zero-order chi connectivity index (χ0) is 23.5. The zero-order valence-electron chi connectivity index (χ0n) is 19.9. The van der Waals surface area contributed by atoms with Gasteiger partial charge in [0.15, 0.2) is 0 Å². The van der Waals surface area contributed by atoms with Gasteiger partial charge in [0.2, 0.25) is 5.95 Å². The Morgan fingerprint density at radius 3 is 2.47 bits per heavy atom. The van der Waals surface area contributed by atoms with Crippen LogP contribution < -0.4 is 4.90 Å². The first kappa shape index (κ1) is 22.5. The Morgan fingerprint density at radius 2 is 1.74 bits per heavy atom. The maximum atomic E-state index is 13.1. The van der Waals surface area contributed by atoms with E-state index in [1.54, 1.807) is 0 Å². The maximum absolute atomic E-state index is 13.1. The molecule has 8 nitrogen and oxygen atoms in total. The second-order valence-electron chi connectivity index (χ2n) is 9.45. The van der Waals surface area contributed by atoms with E-state index >= 15 is 0 Å². The van der Waals surface area contributed by atoms with Gasteiger partial charge in [-0.25, -0.2) is 14.8 Å². The fraction of sp³-hybridized carbons (Fsp3) is 0.462. The van der Waals surface area contributed by atoms with Crippen molar-refractivity contribution in [1.82, 2.24) is 24.8 Å². The van der Waals surface area contributed by atoms with Gasteiger partial charge in [0, 0.05) is 56.7 Å². The Kier molecular flexibility index (Phi) is 6.58. The first-order valence-corrected chi connectivity index (χ1v) is 12.1. The van der Waals surface area contributed by atoms with Crippen LogP contribution in [0, 0.1) is 0 Å². The molecule has 34 heavy (non-hydrogen) atoms. The van der Waals surface area contributed by atoms with Crippen molar-refractivity contribution < 1.29 is 9.53 Å². The number of carbonyl (C=O) groups excluding carboxylic acids is 1. The van der Waals surface area contributed by atoms with E-state index < -0.39 is 0 Å². The van der Waals surface area contributed by atoms with Crippen LogP contribution in [0.25, 0.3) is 10.9 Å². The van der Waals surface area contributed by atoms with Crippen molar-refractivity contribution in [1.29, 1.82) is 0 Å². The highest BCUT2D eigenvalue weighted by molar-refractivity contribution is 5.78. The largest absolute Gasteiger partial charge is 0.446 e. The minimum atomic E-state index is -0.202. The smallest absolute Gasteiger partial charge is 0.410 e. The number of fused-ring (bicyclic) bond motifs is 1. The van der Waals surface area contributed by atoms with Crippen LogP contribution in [-0.4, -0.2) is 75.2 Å². The fourth-order valence-corrected chi connectivity index (χ4v) is 5.10. The number of nitrogens with zero attached hydrogens (tertiary/aromatic N) is 6. The van der Waals surface area contributed by atoms with Gasteiger partial charge in [-0.3, -0.25) is 14.8 Å². The van der Waals surface area contributed by atoms with Crippen molar-refractivity contribution in [3.63, 3.8) is 0 Å². The third-order valence-corrected chi connectivity index (χ3v) is 6.85. The molecule has 8 heteroatoms. The molecule has 2 saturated heterocycles. The average Bonchev–Trinajstić information content (AvgIpc) is 2.85. The molecule has 0 aliphatic carbocycles. The number of hydrogen-bond donors (Lipinski definition) is 0. The van der Waals surface area contributed by atoms with Gasteiger partial charge in [0.05, 0.1) is 17.6 Å². The van der Waals surface area contributed by atoms with E-state index in [-0.39, 0.29) is 24.3 Å². The number of para-hydroxylation sites is 1. The summed E-state index contributed by atoms with van der Waals surface area (Å²) in [5.74, 6) is 0.715. The fourth-order valence-electron chi connectivity index (χ4n) is 5.10. The Morgan fingerprint density at radius 1 is 1.03 bits per heavy atom. The van der Waals surface area contributed by atoms with Crippen LogP contribution >= 0.6 is 0 Å². The van der Waals surface area contributed by atoms with Crippen molar-refractivity contribution >= 4 is 22.9 Å². The summed E-state index contributed by atoms with van der Waals surface area (Å²) in [6, 6.07) is 12.1. The Hall–Kier alpha value is -3.26. The van der Waals surface area contributed by atoms with Crippen LogP contribution in [0.2, 0.25) is 0 Å². The van der Waals surface area contributed by atoms with E-state index in [9.17, 15) is 4.79 Å². The standard InChI is InChI=1S/C26H32N6O2/c1-19-16-31(25-28-15-22-5-3-4-6-24(22)29-25)17-20(2)32(19)26(33)34-23-9-13-30(14-10-23)18-21-7-11-27-12-8-21/h3-8,11-12,15,19-20,23H,9-10,13-14,16-18H2,1-2H3/t19-,20+. The molecule has 0 bridgehead atoms. The van der Waals surface area contributed by atoms with E-state index in [2.05, 4.69) is 45.7 Å². The molecular formula is C26H32N6O2. The third kappa shape index (κ3) is 4.97. The number of carbonyl (C=O) groups is 1. The molecule has 2 atom stereocenters. The summed E-state index contributed by atoms with van der Waals surface area (Å²) in [6.07, 6.45) is 7.04. The molecule has 2 fully saturated rings. The normalized spacial score (nSPS) is 22.2. The van der Waals surface area contributed by atoms with Crippen LogP contribution in [0.1, 0.15) is 32.3 Å². The van der Waals surface area contributed by atoms with E-state index in [0.717, 1.165) is 43.4 Å². The molecule has 1 aromatic carbocycles. The lowest BCUT2D eigenvalue weighted by molar-refractivity contribution is 0.00996. The van der Waals surface area contributed by atoms with Crippen molar-refractivity contribution in [2.45, 2.75) is 51.4 Å². The minimum Gasteiger partial charge on any atom is -0.446 e. The highest BCUT2D eigenvalue weighted by Crippen LogP contribution is 2.24. The van der Waals surface area contributed by atoms with Gasteiger partial charge in [0.1, 0.15) is 6.10 Å². The van der Waals surface area contributed by atoms with Crippen LogP contribution in [0.3, 0.4) is 0 Å². The quantitative estimate of drug-likeness (QED) is 0.587. The molecule has 2 aromatic heterocycles. The van der Waals surface area contributed by atoms with Gasteiger partial charge in [0.25, 0.3) is 0 Å². The number of piperazine rings is 1. The number of rotatable bonds is 4. The Bertz CT molecular complexity index is 1110. The number of aromatic nitrogens is 3. The van der Waals surface area contributed by atoms with Crippen molar-refractivity contribution in [3.8, 4) is 0 Å². The summed E-state index contributed by atoms with van der Waals surface area (Å²) in [5, 5.41) is 1.03. The third-order valence-electron chi connectivity index (χ3n) is 6.85. The van der Waals surface area contributed by atoms with Gasteiger partial charge in [-0.2, -0.15) is 0 Å². The summed E-state index contributed by atoms with van der Waals surface area (Å²) < 4.78 is 5.97. The summed E-state index contributed by atoms with van der Waals surface area (Å²) in [7, 11) is 0. The van der Waals surface area contributed by atoms with Crippen LogP contribution in [0.15, 0.2) is 55.0 Å². The molecule has 5 rings (SSSR count). The van der Waals surface area contributed by atoms with Crippen molar-refractivity contribution in [2.24, 2.45) is 0 Å². The van der Waals surface area contributed by atoms with Gasteiger partial charge in [-0.15, -0.1) is 0 Å². The number of pyridine rings is 1.